The smallest absolute Gasteiger partial charge is 0.744 e. The molecule has 0 atom stereocenters. The van der Waals surface area contributed by atoms with Crippen LogP contribution in [0.4, 0.5) is 5.69 Å². The molecule has 5 nitrogen and oxygen atoms in total. The Morgan fingerprint density at radius 3 is 2.05 bits per heavy atom. The van der Waals surface area contributed by atoms with Gasteiger partial charge < -0.3 is 15.0 Å². The van der Waals surface area contributed by atoms with Crippen molar-refractivity contribution in [1.82, 2.24) is 0 Å². The first-order valence-corrected chi connectivity index (χ1v) is 7.42. The normalized spacial score (nSPS) is 10.8. The van der Waals surface area contributed by atoms with E-state index in [1.165, 1.54) is 30.3 Å². The third kappa shape index (κ3) is 4.75. The fraction of sp³-hybridized carbons (Fsp3) is 0. The summed E-state index contributed by atoms with van der Waals surface area (Å²) in [5.74, 6) is 0.0278. The van der Waals surface area contributed by atoms with E-state index < -0.39 is 15.0 Å². The summed E-state index contributed by atoms with van der Waals surface area (Å²) < 4.78 is 38.9. The summed E-state index contributed by atoms with van der Waals surface area (Å²) in [6.07, 6.45) is 0. The van der Waals surface area contributed by atoms with Crippen molar-refractivity contribution in [3.05, 3.63) is 46.4 Å². The Hall–Kier alpha value is -0.470. The Kier molecular flexibility index (Phi) is 6.36. The molecule has 0 spiro atoms. The Balaban J connectivity index is 0.00000220. The Morgan fingerprint density at radius 2 is 1.52 bits per heavy atom. The van der Waals surface area contributed by atoms with Gasteiger partial charge >= 0.3 is 29.6 Å². The molecule has 0 bridgehead atoms. The Bertz CT molecular complexity index is 768. The van der Waals surface area contributed by atoms with Crippen LogP contribution in [0.1, 0.15) is 0 Å². The van der Waals surface area contributed by atoms with E-state index in [0.717, 1.165) is 6.07 Å². The zero-order valence-corrected chi connectivity index (χ0v) is 15.2. The number of hydrogen-bond donors (Lipinski definition) is 1. The molecule has 2 aromatic rings. The minimum Gasteiger partial charge on any atom is -0.744 e. The predicted molar refractivity (Wildman–Crippen MR) is 75.4 cm³/mol. The van der Waals surface area contributed by atoms with E-state index in [1.54, 1.807) is 0 Å². The number of rotatable bonds is 3. The maximum atomic E-state index is 11.2. The Morgan fingerprint density at radius 1 is 1.00 bits per heavy atom. The second kappa shape index (κ2) is 7.19. The molecule has 0 saturated carbocycles. The SMILES string of the molecule is Nc1cc(Cl)ccc1Oc1ccc(Cl)cc1S(=O)(=O)[O-].[Na+]. The van der Waals surface area contributed by atoms with Crippen LogP contribution in [0.3, 0.4) is 0 Å². The third-order valence-electron chi connectivity index (χ3n) is 2.37. The molecule has 0 saturated heterocycles. The molecule has 9 heteroatoms. The van der Waals surface area contributed by atoms with Gasteiger partial charge in [0, 0.05) is 10.0 Å². The van der Waals surface area contributed by atoms with Gasteiger partial charge in [0.25, 0.3) is 0 Å². The van der Waals surface area contributed by atoms with E-state index in [-0.39, 0.29) is 51.8 Å². The van der Waals surface area contributed by atoms with Crippen LogP contribution in [0, 0.1) is 0 Å². The summed E-state index contributed by atoms with van der Waals surface area (Å²) in [4.78, 5) is -0.556. The average Bonchev–Trinajstić information content (AvgIpc) is 2.33. The summed E-state index contributed by atoms with van der Waals surface area (Å²) in [6.45, 7) is 0. The van der Waals surface area contributed by atoms with E-state index in [4.69, 9.17) is 33.7 Å². The van der Waals surface area contributed by atoms with Crippen LogP contribution in [-0.2, 0) is 10.1 Å². The van der Waals surface area contributed by atoms with Gasteiger partial charge in [0.2, 0.25) is 0 Å². The molecule has 0 amide bonds. The molecular formula is C12H8Cl2NNaO4S. The van der Waals surface area contributed by atoms with Crippen molar-refractivity contribution < 1.29 is 47.3 Å². The number of benzene rings is 2. The molecule has 21 heavy (non-hydrogen) atoms. The minimum absolute atomic E-state index is 0. The number of hydrogen-bond acceptors (Lipinski definition) is 5. The van der Waals surface area contributed by atoms with E-state index in [9.17, 15) is 13.0 Å². The number of ether oxygens (including phenoxy) is 1. The van der Waals surface area contributed by atoms with Crippen LogP contribution >= 0.6 is 23.2 Å². The zero-order chi connectivity index (χ0) is 14.9. The summed E-state index contributed by atoms with van der Waals surface area (Å²) in [5, 5.41) is 0.512. The van der Waals surface area contributed by atoms with Crippen LogP contribution in [-0.4, -0.2) is 13.0 Å². The van der Waals surface area contributed by atoms with Crippen molar-refractivity contribution in [2.45, 2.75) is 4.90 Å². The minimum atomic E-state index is -4.72. The van der Waals surface area contributed by atoms with Crippen molar-refractivity contribution in [3.8, 4) is 11.5 Å². The maximum Gasteiger partial charge on any atom is 1.00 e. The summed E-state index contributed by atoms with van der Waals surface area (Å²) in [7, 11) is -4.72. The molecule has 0 aliphatic rings. The van der Waals surface area contributed by atoms with Gasteiger partial charge in [-0.2, -0.15) is 0 Å². The number of anilines is 1. The van der Waals surface area contributed by atoms with Crippen LogP contribution < -0.4 is 40.0 Å². The van der Waals surface area contributed by atoms with Crippen molar-refractivity contribution in [2.75, 3.05) is 5.73 Å². The van der Waals surface area contributed by atoms with Crippen LogP contribution in [0.2, 0.25) is 10.0 Å². The third-order valence-corrected chi connectivity index (χ3v) is 3.69. The predicted octanol–water partition coefficient (Wildman–Crippen LogP) is 0.276. The summed E-state index contributed by atoms with van der Waals surface area (Å²) in [6, 6.07) is 8.13. The summed E-state index contributed by atoms with van der Waals surface area (Å²) in [5.41, 5.74) is 5.91. The second-order valence-corrected chi connectivity index (χ2v) is 6.05. The molecule has 0 fully saturated rings. The molecule has 0 heterocycles. The maximum absolute atomic E-state index is 11.2. The van der Waals surface area contributed by atoms with E-state index in [2.05, 4.69) is 0 Å². The molecule has 2 N–H and O–H groups in total. The fourth-order valence-corrected chi connectivity index (χ4v) is 2.54. The van der Waals surface area contributed by atoms with Crippen LogP contribution in [0.15, 0.2) is 41.3 Å². The number of nitrogen functional groups attached to an aromatic ring is 1. The van der Waals surface area contributed by atoms with Gasteiger partial charge in [0.1, 0.15) is 21.6 Å². The Labute approximate surface area is 154 Å². The van der Waals surface area contributed by atoms with Gasteiger partial charge in [-0.1, -0.05) is 23.2 Å². The van der Waals surface area contributed by atoms with Crippen molar-refractivity contribution in [3.63, 3.8) is 0 Å². The number of nitrogens with two attached hydrogens (primary N) is 1. The molecule has 2 rings (SSSR count). The van der Waals surface area contributed by atoms with Gasteiger partial charge in [0.15, 0.2) is 0 Å². The monoisotopic (exact) mass is 355 g/mol. The quantitative estimate of drug-likeness (QED) is 0.484. The number of halogens is 2. The molecule has 0 aliphatic heterocycles. The van der Waals surface area contributed by atoms with Crippen molar-refractivity contribution in [1.29, 1.82) is 0 Å². The first-order chi connectivity index (χ1) is 9.27. The molecule has 2 aromatic carbocycles. The fourth-order valence-electron chi connectivity index (χ4n) is 1.49. The van der Waals surface area contributed by atoms with Gasteiger partial charge in [-0.25, -0.2) is 8.42 Å². The van der Waals surface area contributed by atoms with Crippen molar-refractivity contribution in [2.24, 2.45) is 0 Å². The van der Waals surface area contributed by atoms with Gasteiger partial charge in [-0.3, -0.25) is 0 Å². The zero-order valence-electron chi connectivity index (χ0n) is 10.8. The molecule has 0 aliphatic carbocycles. The first kappa shape index (κ1) is 18.6. The van der Waals surface area contributed by atoms with Crippen LogP contribution in [0.25, 0.3) is 0 Å². The van der Waals surface area contributed by atoms with Gasteiger partial charge in [-0.15, -0.1) is 0 Å². The second-order valence-electron chi connectivity index (χ2n) is 3.83. The van der Waals surface area contributed by atoms with Gasteiger partial charge in [-0.05, 0) is 36.4 Å². The standard InChI is InChI=1S/C12H9Cl2NO4S.Na/c13-7-1-3-10(9(15)5-7)19-11-4-2-8(14)6-12(11)20(16,17)18;/h1-6H,15H2,(H,16,17,18);/q;+1/p-1. The molecule has 0 unspecified atom stereocenters. The molecule has 0 aromatic heterocycles. The molecule has 0 radical (unpaired) electrons. The largest absolute Gasteiger partial charge is 1.00 e. The van der Waals surface area contributed by atoms with E-state index in [1.807, 2.05) is 0 Å². The van der Waals surface area contributed by atoms with Gasteiger partial charge in [0.05, 0.1) is 10.6 Å². The van der Waals surface area contributed by atoms with E-state index in [0.29, 0.717) is 5.02 Å². The average molecular weight is 356 g/mol. The van der Waals surface area contributed by atoms with Crippen molar-refractivity contribution >= 4 is 39.0 Å². The molecular weight excluding hydrogens is 348 g/mol. The van der Waals surface area contributed by atoms with Crippen LogP contribution in [0.5, 0.6) is 11.5 Å². The first-order valence-electron chi connectivity index (χ1n) is 5.26. The summed E-state index contributed by atoms with van der Waals surface area (Å²) >= 11 is 11.4. The van der Waals surface area contributed by atoms with E-state index >= 15 is 0 Å². The topological polar surface area (TPSA) is 92.5 Å². The molecule has 106 valence electrons.